The van der Waals surface area contributed by atoms with Crippen LogP contribution in [0.5, 0.6) is 0 Å². The van der Waals surface area contributed by atoms with Gasteiger partial charge in [-0.15, -0.1) is 22.7 Å². The van der Waals surface area contributed by atoms with E-state index < -0.39 is 11.9 Å². The van der Waals surface area contributed by atoms with Crippen molar-refractivity contribution in [1.82, 2.24) is 9.97 Å². The van der Waals surface area contributed by atoms with E-state index in [-0.39, 0.29) is 18.8 Å². The lowest BCUT2D eigenvalue weighted by Crippen LogP contribution is -2.06. The fourth-order valence-electron chi connectivity index (χ4n) is 1.69. The summed E-state index contributed by atoms with van der Waals surface area (Å²) < 4.78 is 9.19. The maximum absolute atomic E-state index is 11.4. The molecule has 0 saturated heterocycles. The SMILES string of the molecule is CCOC(=O)/C(=C/c1cnc(C)s1)N=[N+]=[N-].CCOC(=O)CN=[N+]=[N-].Cc1ncc(C=O)s1. The van der Waals surface area contributed by atoms with Gasteiger partial charge in [0.25, 0.3) is 0 Å². The van der Waals surface area contributed by atoms with Crippen molar-refractivity contribution in [3.63, 3.8) is 0 Å². The number of carbonyl (C=O) groups is 3. The third kappa shape index (κ3) is 14.0. The first-order chi connectivity index (χ1) is 15.8. The topological polar surface area (TPSA) is 193 Å². The first-order valence-corrected chi connectivity index (χ1v) is 10.8. The first kappa shape index (κ1) is 29.2. The van der Waals surface area contributed by atoms with Gasteiger partial charge >= 0.3 is 11.9 Å². The van der Waals surface area contributed by atoms with Crippen molar-refractivity contribution in [3.05, 3.63) is 58.7 Å². The van der Waals surface area contributed by atoms with E-state index in [1.54, 1.807) is 26.2 Å². The van der Waals surface area contributed by atoms with Gasteiger partial charge in [-0.05, 0) is 44.8 Å². The summed E-state index contributed by atoms with van der Waals surface area (Å²) in [6.45, 7) is 7.43. The zero-order valence-corrected chi connectivity index (χ0v) is 20.0. The van der Waals surface area contributed by atoms with E-state index in [9.17, 15) is 14.4 Å². The van der Waals surface area contributed by atoms with E-state index in [4.69, 9.17) is 15.8 Å². The predicted octanol–water partition coefficient (Wildman–Crippen LogP) is 4.79. The summed E-state index contributed by atoms with van der Waals surface area (Å²) in [5.74, 6) is -1.12. The second-order valence-electron chi connectivity index (χ2n) is 5.31. The van der Waals surface area contributed by atoms with E-state index in [1.165, 1.54) is 28.7 Å². The Morgan fingerprint density at radius 2 is 1.61 bits per heavy atom. The molecule has 0 fully saturated rings. The number of rotatable bonds is 8. The standard InChI is InChI=1S/C9H10N4O2S.C5H5NOS.C4H7N3O2/c1-3-15-9(14)8(12-13-10)4-7-5-11-6(2)16-7;1-4-6-2-5(3-7)8-4;1-2-9-4(8)3-6-7-5/h4-5H,3H2,1-2H3;2-3H,1H3;2-3H2,1H3/b8-4-;;. The summed E-state index contributed by atoms with van der Waals surface area (Å²) in [7, 11) is 0. The number of carbonyl (C=O) groups excluding carboxylic acids is 3. The van der Waals surface area contributed by atoms with Crippen molar-refractivity contribution in [2.45, 2.75) is 27.7 Å². The summed E-state index contributed by atoms with van der Waals surface area (Å²) in [5, 5.41) is 8.10. The second-order valence-corrected chi connectivity index (χ2v) is 7.85. The summed E-state index contributed by atoms with van der Waals surface area (Å²) in [6.07, 6.45) is 5.45. The monoisotopic (exact) mass is 494 g/mol. The molecule has 0 spiro atoms. The number of hydrogen-bond donors (Lipinski definition) is 0. The van der Waals surface area contributed by atoms with E-state index in [0.717, 1.165) is 21.2 Å². The van der Waals surface area contributed by atoms with Crippen LogP contribution in [0.4, 0.5) is 0 Å². The van der Waals surface area contributed by atoms with Gasteiger partial charge in [-0.3, -0.25) is 9.59 Å². The molecule has 13 nitrogen and oxygen atoms in total. The van der Waals surface area contributed by atoms with E-state index in [1.807, 2.05) is 13.8 Å². The smallest absolute Gasteiger partial charge is 0.340 e. The van der Waals surface area contributed by atoms with E-state index >= 15 is 0 Å². The molecule has 0 aliphatic heterocycles. The number of aldehydes is 1. The number of aryl methyl sites for hydroxylation is 2. The highest BCUT2D eigenvalue weighted by Gasteiger charge is 2.09. The van der Waals surface area contributed by atoms with Crippen molar-refractivity contribution in [2.24, 2.45) is 10.2 Å². The summed E-state index contributed by atoms with van der Waals surface area (Å²) in [6, 6.07) is 0. The number of esters is 2. The third-order valence-corrected chi connectivity index (χ3v) is 4.58. The largest absolute Gasteiger partial charge is 0.466 e. The van der Waals surface area contributed by atoms with Crippen LogP contribution in [-0.4, -0.2) is 48.0 Å². The molecule has 0 N–H and O–H groups in total. The van der Waals surface area contributed by atoms with Gasteiger partial charge in [-0.2, -0.15) is 0 Å². The average molecular weight is 495 g/mol. The van der Waals surface area contributed by atoms with Gasteiger partial charge in [-0.25, -0.2) is 14.8 Å². The maximum Gasteiger partial charge on any atom is 0.340 e. The van der Waals surface area contributed by atoms with Crippen LogP contribution in [0.3, 0.4) is 0 Å². The van der Waals surface area contributed by atoms with Crippen molar-refractivity contribution in [1.29, 1.82) is 0 Å². The van der Waals surface area contributed by atoms with Gasteiger partial charge in [-0.1, -0.05) is 10.2 Å². The molecule has 2 aromatic rings. The van der Waals surface area contributed by atoms with Crippen LogP contribution >= 0.6 is 22.7 Å². The Labute approximate surface area is 197 Å². The zero-order valence-electron chi connectivity index (χ0n) is 18.4. The molecule has 0 atom stereocenters. The van der Waals surface area contributed by atoms with Gasteiger partial charge in [0.15, 0.2) is 6.29 Å². The minimum absolute atomic E-state index is 0.0620. The highest BCUT2D eigenvalue weighted by molar-refractivity contribution is 7.13. The van der Waals surface area contributed by atoms with Crippen LogP contribution in [0.25, 0.3) is 27.0 Å². The molecule has 0 unspecified atom stereocenters. The second kappa shape index (κ2) is 17.9. The van der Waals surface area contributed by atoms with Crippen molar-refractivity contribution in [2.75, 3.05) is 19.8 Å². The molecule has 0 amide bonds. The van der Waals surface area contributed by atoms with E-state index in [0.29, 0.717) is 11.5 Å². The lowest BCUT2D eigenvalue weighted by atomic mass is 10.4. The lowest BCUT2D eigenvalue weighted by Gasteiger charge is -1.99. The van der Waals surface area contributed by atoms with Crippen molar-refractivity contribution >= 4 is 47.0 Å². The van der Waals surface area contributed by atoms with E-state index in [2.05, 4.69) is 34.8 Å². The molecule has 0 saturated carbocycles. The summed E-state index contributed by atoms with van der Waals surface area (Å²) >= 11 is 2.81. The van der Waals surface area contributed by atoms with Crippen LogP contribution in [0.15, 0.2) is 28.3 Å². The Morgan fingerprint density at radius 3 is 2.00 bits per heavy atom. The normalized spacial score (nSPS) is 9.52. The number of aromatic nitrogens is 2. The van der Waals surface area contributed by atoms with Crippen LogP contribution in [0.1, 0.15) is 38.4 Å². The molecular weight excluding hydrogens is 472 g/mol. The zero-order chi connectivity index (χ0) is 25.1. The van der Waals surface area contributed by atoms with Gasteiger partial charge in [0.05, 0.1) is 28.1 Å². The predicted molar refractivity (Wildman–Crippen MR) is 123 cm³/mol. The van der Waals surface area contributed by atoms with Gasteiger partial charge < -0.3 is 9.47 Å². The van der Waals surface area contributed by atoms with Crippen LogP contribution < -0.4 is 0 Å². The van der Waals surface area contributed by atoms with Crippen LogP contribution in [0.2, 0.25) is 0 Å². The lowest BCUT2D eigenvalue weighted by molar-refractivity contribution is -0.141. The minimum Gasteiger partial charge on any atom is -0.466 e. The molecule has 0 bridgehead atoms. The molecule has 176 valence electrons. The molecule has 33 heavy (non-hydrogen) atoms. The third-order valence-electron chi connectivity index (χ3n) is 2.88. The molecule has 15 heteroatoms. The maximum atomic E-state index is 11.4. The Morgan fingerprint density at radius 1 is 1.03 bits per heavy atom. The van der Waals surface area contributed by atoms with Gasteiger partial charge in [0.1, 0.15) is 12.2 Å². The van der Waals surface area contributed by atoms with Gasteiger partial charge in [0, 0.05) is 27.1 Å². The number of nitrogens with zero attached hydrogens (tertiary/aromatic N) is 8. The number of hydrogen-bond acceptors (Lipinski definition) is 11. The highest BCUT2D eigenvalue weighted by atomic mass is 32.1. The average Bonchev–Trinajstić information content (AvgIpc) is 3.40. The van der Waals surface area contributed by atoms with Gasteiger partial charge in [0.2, 0.25) is 0 Å². The quantitative estimate of drug-likeness (QED) is 0.126. The fraction of sp³-hybridized carbons (Fsp3) is 0.389. The van der Waals surface area contributed by atoms with Crippen molar-refractivity contribution in [3.8, 4) is 0 Å². The number of azide groups is 2. The Balaban J connectivity index is 0.000000510. The minimum atomic E-state index is -0.633. The first-order valence-electron chi connectivity index (χ1n) is 9.21. The van der Waals surface area contributed by atoms with Crippen molar-refractivity contribution < 1.29 is 23.9 Å². The Hall–Kier alpha value is -3.77. The molecule has 0 aliphatic rings. The molecular formula is C18H22N8O5S2. The van der Waals surface area contributed by atoms with Crippen LogP contribution in [-0.2, 0) is 19.1 Å². The molecule has 2 heterocycles. The van der Waals surface area contributed by atoms with Crippen LogP contribution in [0, 0.1) is 13.8 Å². The fourth-order valence-corrected chi connectivity index (χ4v) is 3.01. The molecule has 0 aromatic carbocycles. The highest BCUT2D eigenvalue weighted by Crippen LogP contribution is 2.16. The Bertz CT molecular complexity index is 1040. The summed E-state index contributed by atoms with van der Waals surface area (Å²) in [4.78, 5) is 46.0. The number of ether oxygens (including phenoxy) is 2. The molecule has 2 rings (SSSR count). The summed E-state index contributed by atoms with van der Waals surface area (Å²) in [5.41, 5.74) is 16.0. The Kier molecular flexibility index (Phi) is 15.8. The number of thiazole rings is 2. The molecule has 0 aliphatic carbocycles. The molecule has 0 radical (unpaired) electrons. The molecule has 2 aromatic heterocycles.